The molecule has 2 aliphatic rings. The Balaban J connectivity index is 1.99. The smallest absolute Gasteiger partial charge is 0.161 e. The van der Waals surface area contributed by atoms with Crippen LogP contribution in [-0.2, 0) is 12.8 Å². The number of benzene rings is 2. The lowest BCUT2D eigenvalue weighted by molar-refractivity contribution is 0.228. The van der Waals surface area contributed by atoms with E-state index in [-0.39, 0.29) is 5.75 Å². The van der Waals surface area contributed by atoms with Crippen LogP contribution in [0.4, 0.5) is 0 Å². The predicted octanol–water partition coefficient (Wildman–Crippen LogP) is 3.15. The van der Waals surface area contributed by atoms with E-state index in [1.165, 1.54) is 27.8 Å². The van der Waals surface area contributed by atoms with Gasteiger partial charge in [-0.1, -0.05) is 18.2 Å². The summed E-state index contributed by atoms with van der Waals surface area (Å²) in [6, 6.07) is 10.9. The van der Waals surface area contributed by atoms with Gasteiger partial charge in [0, 0.05) is 12.6 Å². The van der Waals surface area contributed by atoms with Crippen molar-refractivity contribution in [3.8, 4) is 22.6 Å². The first-order chi connectivity index (χ1) is 10.2. The Morgan fingerprint density at radius 2 is 2.05 bits per heavy atom. The van der Waals surface area contributed by atoms with E-state index < -0.39 is 0 Å². The van der Waals surface area contributed by atoms with E-state index >= 15 is 0 Å². The van der Waals surface area contributed by atoms with Crippen LogP contribution in [0.3, 0.4) is 0 Å². The van der Waals surface area contributed by atoms with Crippen molar-refractivity contribution in [3.63, 3.8) is 0 Å². The van der Waals surface area contributed by atoms with Crippen LogP contribution >= 0.6 is 0 Å². The lowest BCUT2D eigenvalue weighted by atomic mass is 9.77. The van der Waals surface area contributed by atoms with Crippen molar-refractivity contribution in [2.45, 2.75) is 18.9 Å². The number of likely N-dealkylation sites (N-methyl/N-ethyl adjacent to an activating group) is 1. The van der Waals surface area contributed by atoms with Crippen molar-refractivity contribution < 1.29 is 9.84 Å². The van der Waals surface area contributed by atoms with Crippen LogP contribution in [0.1, 0.15) is 22.7 Å². The molecule has 1 aliphatic carbocycles. The molecule has 1 N–H and O–H groups in total. The molecule has 1 unspecified atom stereocenters. The molecule has 3 nitrogen and oxygen atoms in total. The quantitative estimate of drug-likeness (QED) is 0.871. The summed E-state index contributed by atoms with van der Waals surface area (Å²) in [5.74, 6) is 0.781. The zero-order valence-corrected chi connectivity index (χ0v) is 12.4. The van der Waals surface area contributed by atoms with Crippen LogP contribution in [0.2, 0.25) is 0 Å². The summed E-state index contributed by atoms with van der Waals surface area (Å²) in [4.78, 5) is 2.43. The second kappa shape index (κ2) is 4.50. The van der Waals surface area contributed by atoms with Crippen molar-refractivity contribution in [1.29, 1.82) is 0 Å². The van der Waals surface area contributed by atoms with Gasteiger partial charge in [0.25, 0.3) is 0 Å². The highest BCUT2D eigenvalue weighted by molar-refractivity contribution is 5.78. The molecule has 108 valence electrons. The van der Waals surface area contributed by atoms with Crippen LogP contribution in [-0.4, -0.2) is 30.7 Å². The van der Waals surface area contributed by atoms with Gasteiger partial charge in [-0.15, -0.1) is 0 Å². The highest BCUT2D eigenvalue weighted by Gasteiger charge is 2.32. The Morgan fingerprint density at radius 1 is 1.19 bits per heavy atom. The maximum absolute atomic E-state index is 10.1. The number of phenols is 1. The van der Waals surface area contributed by atoms with Crippen molar-refractivity contribution in [2.75, 3.05) is 20.7 Å². The monoisotopic (exact) mass is 281 g/mol. The van der Waals surface area contributed by atoms with Crippen LogP contribution in [0.5, 0.6) is 11.5 Å². The second-order valence-corrected chi connectivity index (χ2v) is 6.01. The highest BCUT2D eigenvalue weighted by Crippen LogP contribution is 2.47. The Bertz CT molecular complexity index is 723. The Labute approximate surface area is 124 Å². The van der Waals surface area contributed by atoms with Crippen molar-refractivity contribution in [3.05, 3.63) is 47.0 Å². The van der Waals surface area contributed by atoms with E-state index in [9.17, 15) is 5.11 Å². The van der Waals surface area contributed by atoms with E-state index in [0.717, 1.165) is 19.4 Å². The molecule has 0 saturated heterocycles. The van der Waals surface area contributed by atoms with Gasteiger partial charge in [0.1, 0.15) is 0 Å². The number of ether oxygens (including phenoxy) is 1. The molecular weight excluding hydrogens is 262 g/mol. The van der Waals surface area contributed by atoms with Crippen LogP contribution in [0.25, 0.3) is 11.1 Å². The lowest BCUT2D eigenvalue weighted by Gasteiger charge is -2.39. The molecule has 0 amide bonds. The molecule has 4 rings (SSSR count). The molecule has 0 saturated carbocycles. The summed E-state index contributed by atoms with van der Waals surface area (Å²) in [5.41, 5.74) is 6.63. The van der Waals surface area contributed by atoms with Gasteiger partial charge in [0.15, 0.2) is 11.5 Å². The zero-order valence-electron chi connectivity index (χ0n) is 12.4. The molecule has 1 aliphatic heterocycles. The van der Waals surface area contributed by atoms with Crippen LogP contribution in [0.15, 0.2) is 30.3 Å². The maximum Gasteiger partial charge on any atom is 0.161 e. The first-order valence-electron chi connectivity index (χ1n) is 7.41. The maximum atomic E-state index is 10.1. The normalized spacial score (nSPS) is 19.8. The van der Waals surface area contributed by atoms with Gasteiger partial charge in [-0.3, -0.25) is 4.90 Å². The predicted molar refractivity (Wildman–Crippen MR) is 82.9 cm³/mol. The number of fused-ring (bicyclic) bond motifs is 2. The van der Waals surface area contributed by atoms with E-state index in [1.54, 1.807) is 7.11 Å². The fourth-order valence-corrected chi connectivity index (χ4v) is 3.79. The van der Waals surface area contributed by atoms with Crippen molar-refractivity contribution >= 4 is 0 Å². The third kappa shape index (κ3) is 1.77. The first kappa shape index (κ1) is 12.7. The van der Waals surface area contributed by atoms with Gasteiger partial charge in [0.05, 0.1) is 7.11 Å². The molecule has 1 heterocycles. The summed E-state index contributed by atoms with van der Waals surface area (Å²) in [6.45, 7) is 1.10. The van der Waals surface area contributed by atoms with Crippen molar-refractivity contribution in [1.82, 2.24) is 4.90 Å². The molecule has 0 aromatic heterocycles. The Kier molecular flexibility index (Phi) is 2.73. The summed E-state index contributed by atoms with van der Waals surface area (Å²) in [5, 5.41) is 10.1. The minimum absolute atomic E-state index is 0.231. The zero-order chi connectivity index (χ0) is 14.6. The van der Waals surface area contributed by atoms with Crippen LogP contribution < -0.4 is 4.74 Å². The van der Waals surface area contributed by atoms with E-state index in [4.69, 9.17) is 4.74 Å². The molecule has 3 heteroatoms. The summed E-state index contributed by atoms with van der Waals surface area (Å²) in [6.07, 6.45) is 2.06. The fraction of sp³-hybridized carbons (Fsp3) is 0.333. The highest BCUT2D eigenvalue weighted by atomic mass is 16.5. The van der Waals surface area contributed by atoms with E-state index in [2.05, 4.69) is 30.1 Å². The SMILES string of the molecule is COc1cc2c(cc1O)CC1c3c(cccc3-2)CCN1C. The fourth-order valence-electron chi connectivity index (χ4n) is 3.79. The number of aromatic hydroxyl groups is 1. The molecule has 0 radical (unpaired) electrons. The average Bonchev–Trinajstić information content (AvgIpc) is 2.50. The molecule has 0 spiro atoms. The van der Waals surface area contributed by atoms with Crippen LogP contribution in [0, 0.1) is 0 Å². The molecule has 0 fully saturated rings. The minimum Gasteiger partial charge on any atom is -0.504 e. The largest absolute Gasteiger partial charge is 0.504 e. The molecule has 2 aromatic carbocycles. The van der Waals surface area contributed by atoms with Crippen molar-refractivity contribution in [2.24, 2.45) is 0 Å². The standard InChI is InChI=1S/C18H19NO2/c1-19-7-6-11-4-3-5-13-14-10-17(21-2)16(20)9-12(14)8-15(19)18(11)13/h3-5,9-10,15,20H,6-8H2,1-2H3. The van der Waals surface area contributed by atoms with Gasteiger partial charge in [-0.25, -0.2) is 0 Å². The van der Waals surface area contributed by atoms with Gasteiger partial charge in [0.2, 0.25) is 0 Å². The summed E-state index contributed by atoms with van der Waals surface area (Å²) >= 11 is 0. The molecule has 21 heavy (non-hydrogen) atoms. The third-order valence-corrected chi connectivity index (χ3v) is 4.90. The number of rotatable bonds is 1. The lowest BCUT2D eigenvalue weighted by Crippen LogP contribution is -2.35. The topological polar surface area (TPSA) is 32.7 Å². The second-order valence-electron chi connectivity index (χ2n) is 6.01. The average molecular weight is 281 g/mol. The van der Waals surface area contributed by atoms with Gasteiger partial charge in [-0.2, -0.15) is 0 Å². The van der Waals surface area contributed by atoms with Gasteiger partial charge in [-0.05, 0) is 59.8 Å². The summed E-state index contributed by atoms with van der Waals surface area (Å²) in [7, 11) is 3.79. The number of nitrogens with zero attached hydrogens (tertiary/aromatic N) is 1. The Morgan fingerprint density at radius 3 is 2.86 bits per heavy atom. The van der Waals surface area contributed by atoms with Gasteiger partial charge < -0.3 is 9.84 Å². The number of methoxy groups -OCH3 is 1. The molecular formula is C18H19NO2. The third-order valence-electron chi connectivity index (χ3n) is 4.90. The van der Waals surface area contributed by atoms with Gasteiger partial charge >= 0.3 is 0 Å². The molecule has 1 atom stereocenters. The van der Waals surface area contributed by atoms with E-state index in [0.29, 0.717) is 11.8 Å². The summed E-state index contributed by atoms with van der Waals surface area (Å²) < 4.78 is 5.28. The molecule has 0 bridgehead atoms. The minimum atomic E-state index is 0.231. The number of hydrogen-bond donors (Lipinski definition) is 1. The number of hydrogen-bond acceptors (Lipinski definition) is 3. The molecule has 2 aromatic rings. The first-order valence-corrected chi connectivity index (χ1v) is 7.41. The van der Waals surface area contributed by atoms with E-state index in [1.807, 2.05) is 12.1 Å². The number of phenolic OH excluding ortho intramolecular Hbond substituents is 1. The Hall–Kier alpha value is -2.00.